The van der Waals surface area contributed by atoms with Gasteiger partial charge in [0, 0.05) is 52.0 Å². The van der Waals surface area contributed by atoms with Gasteiger partial charge < -0.3 is 14.5 Å². The second kappa shape index (κ2) is 10.3. The highest BCUT2D eigenvalue weighted by molar-refractivity contribution is 5.31. The summed E-state index contributed by atoms with van der Waals surface area (Å²) in [6.07, 6.45) is 4.74. The van der Waals surface area contributed by atoms with Crippen LogP contribution in [0.5, 0.6) is 0 Å². The Hall–Kier alpha value is -2.02. The number of piperazine rings is 1. The third-order valence-electron chi connectivity index (χ3n) is 6.04. The first-order valence-electron chi connectivity index (χ1n) is 11.4. The maximum Gasteiger partial charge on any atom is 0.225 e. The molecule has 162 valence electrons. The van der Waals surface area contributed by atoms with Crippen molar-refractivity contribution in [2.75, 3.05) is 50.7 Å². The number of ether oxygens (including phenoxy) is 1. The van der Waals surface area contributed by atoms with Crippen molar-refractivity contribution < 1.29 is 4.74 Å². The maximum absolute atomic E-state index is 5.84. The van der Waals surface area contributed by atoms with E-state index in [-0.39, 0.29) is 12.2 Å². The SMILES string of the molecule is C[C@H]1CN(c2nccc(CN3CCN(CCCc4ccccc4)CC3)n2)C[C@H](C)O1. The molecule has 1 aromatic carbocycles. The van der Waals surface area contributed by atoms with Gasteiger partial charge in [0.1, 0.15) is 0 Å². The van der Waals surface area contributed by atoms with E-state index in [0.717, 1.165) is 57.5 Å². The maximum atomic E-state index is 5.84. The van der Waals surface area contributed by atoms with Crippen molar-refractivity contribution in [3.63, 3.8) is 0 Å². The fourth-order valence-electron chi connectivity index (χ4n) is 4.52. The zero-order valence-electron chi connectivity index (χ0n) is 18.4. The molecule has 30 heavy (non-hydrogen) atoms. The van der Waals surface area contributed by atoms with Crippen molar-refractivity contribution in [2.45, 2.75) is 45.4 Å². The Balaban J connectivity index is 1.22. The minimum Gasteiger partial charge on any atom is -0.372 e. The van der Waals surface area contributed by atoms with E-state index in [0.29, 0.717) is 0 Å². The summed E-state index contributed by atoms with van der Waals surface area (Å²) in [6, 6.07) is 12.9. The van der Waals surface area contributed by atoms with Crippen LogP contribution >= 0.6 is 0 Å². The third kappa shape index (κ3) is 6.00. The second-order valence-corrected chi connectivity index (χ2v) is 8.72. The van der Waals surface area contributed by atoms with Gasteiger partial charge in [-0.3, -0.25) is 4.90 Å². The first-order chi connectivity index (χ1) is 14.7. The van der Waals surface area contributed by atoms with Crippen LogP contribution in [0.1, 0.15) is 31.5 Å². The highest BCUT2D eigenvalue weighted by atomic mass is 16.5. The molecule has 4 rings (SSSR count). The largest absolute Gasteiger partial charge is 0.372 e. The molecule has 2 saturated heterocycles. The molecule has 0 amide bonds. The van der Waals surface area contributed by atoms with Gasteiger partial charge in [-0.2, -0.15) is 0 Å². The predicted octanol–water partition coefficient (Wildman–Crippen LogP) is 2.84. The van der Waals surface area contributed by atoms with Crippen LogP contribution in [-0.2, 0) is 17.7 Å². The summed E-state index contributed by atoms with van der Waals surface area (Å²) < 4.78 is 5.84. The second-order valence-electron chi connectivity index (χ2n) is 8.72. The molecule has 2 atom stereocenters. The normalized spacial score (nSPS) is 23.6. The molecule has 2 fully saturated rings. The number of rotatable bonds is 7. The number of aryl methyl sites for hydroxylation is 1. The van der Waals surface area contributed by atoms with E-state index in [1.807, 2.05) is 6.20 Å². The van der Waals surface area contributed by atoms with Gasteiger partial charge in [0.25, 0.3) is 0 Å². The number of aromatic nitrogens is 2. The number of nitrogens with zero attached hydrogens (tertiary/aromatic N) is 5. The fourth-order valence-corrected chi connectivity index (χ4v) is 4.52. The Kier molecular flexibility index (Phi) is 7.31. The quantitative estimate of drug-likeness (QED) is 0.701. The highest BCUT2D eigenvalue weighted by Gasteiger charge is 2.24. The third-order valence-corrected chi connectivity index (χ3v) is 6.04. The molecular weight excluding hydrogens is 374 g/mol. The van der Waals surface area contributed by atoms with Crippen molar-refractivity contribution in [3.8, 4) is 0 Å². The van der Waals surface area contributed by atoms with Crippen LogP contribution in [0.3, 0.4) is 0 Å². The molecule has 6 heteroatoms. The first-order valence-corrected chi connectivity index (χ1v) is 11.4. The predicted molar refractivity (Wildman–Crippen MR) is 121 cm³/mol. The summed E-state index contributed by atoms with van der Waals surface area (Å²) in [5.41, 5.74) is 2.56. The molecule has 0 saturated carbocycles. The van der Waals surface area contributed by atoms with Crippen LogP contribution in [0.2, 0.25) is 0 Å². The monoisotopic (exact) mass is 409 g/mol. The number of anilines is 1. The van der Waals surface area contributed by atoms with Crippen molar-refractivity contribution in [3.05, 3.63) is 53.9 Å². The molecule has 3 heterocycles. The van der Waals surface area contributed by atoms with Crippen LogP contribution in [0.4, 0.5) is 5.95 Å². The van der Waals surface area contributed by atoms with Crippen LogP contribution in [-0.4, -0.2) is 77.8 Å². The summed E-state index contributed by atoms with van der Waals surface area (Å²) in [7, 11) is 0. The van der Waals surface area contributed by atoms with E-state index in [2.05, 4.69) is 69.9 Å². The van der Waals surface area contributed by atoms with Gasteiger partial charge in [0.15, 0.2) is 0 Å². The fraction of sp³-hybridized carbons (Fsp3) is 0.583. The summed E-state index contributed by atoms with van der Waals surface area (Å²) in [5.74, 6) is 0.842. The summed E-state index contributed by atoms with van der Waals surface area (Å²) in [4.78, 5) is 16.8. The molecule has 1 aromatic heterocycles. The van der Waals surface area contributed by atoms with Crippen LogP contribution in [0.25, 0.3) is 0 Å². The topological polar surface area (TPSA) is 44.7 Å². The molecule has 0 aliphatic carbocycles. The summed E-state index contributed by atoms with van der Waals surface area (Å²) in [5, 5.41) is 0. The van der Waals surface area contributed by atoms with Crippen LogP contribution in [0, 0.1) is 0 Å². The Morgan fingerprint density at radius 2 is 1.63 bits per heavy atom. The summed E-state index contributed by atoms with van der Waals surface area (Å²) in [6.45, 7) is 12.5. The lowest BCUT2D eigenvalue weighted by molar-refractivity contribution is -0.00574. The molecule has 6 nitrogen and oxygen atoms in total. The van der Waals surface area contributed by atoms with Crippen molar-refractivity contribution >= 4 is 5.95 Å². The molecular formula is C24H35N5O. The minimum absolute atomic E-state index is 0.218. The van der Waals surface area contributed by atoms with E-state index in [1.165, 1.54) is 24.9 Å². The number of benzene rings is 1. The van der Waals surface area contributed by atoms with Crippen molar-refractivity contribution in [2.24, 2.45) is 0 Å². The Morgan fingerprint density at radius 1 is 0.933 bits per heavy atom. The Morgan fingerprint density at radius 3 is 2.37 bits per heavy atom. The van der Waals surface area contributed by atoms with E-state index in [1.54, 1.807) is 0 Å². The van der Waals surface area contributed by atoms with Gasteiger partial charge in [0.05, 0.1) is 17.9 Å². The van der Waals surface area contributed by atoms with Crippen LogP contribution < -0.4 is 4.90 Å². The zero-order chi connectivity index (χ0) is 20.8. The number of morpholine rings is 1. The molecule has 2 aromatic rings. The van der Waals surface area contributed by atoms with Gasteiger partial charge >= 0.3 is 0 Å². The highest BCUT2D eigenvalue weighted by Crippen LogP contribution is 2.17. The number of hydrogen-bond acceptors (Lipinski definition) is 6. The van der Waals surface area contributed by atoms with Crippen LogP contribution in [0.15, 0.2) is 42.6 Å². The van der Waals surface area contributed by atoms with E-state index >= 15 is 0 Å². The lowest BCUT2D eigenvalue weighted by Crippen LogP contribution is -2.47. The van der Waals surface area contributed by atoms with Gasteiger partial charge in [-0.15, -0.1) is 0 Å². The van der Waals surface area contributed by atoms with Gasteiger partial charge in [-0.25, -0.2) is 9.97 Å². The molecule has 2 aliphatic heterocycles. The smallest absolute Gasteiger partial charge is 0.225 e. The van der Waals surface area contributed by atoms with Gasteiger partial charge in [-0.05, 0) is 44.9 Å². The van der Waals surface area contributed by atoms with Crippen molar-refractivity contribution in [1.82, 2.24) is 19.8 Å². The zero-order valence-corrected chi connectivity index (χ0v) is 18.4. The Bertz CT molecular complexity index is 768. The molecule has 0 N–H and O–H groups in total. The molecule has 0 bridgehead atoms. The molecule has 0 unspecified atom stereocenters. The first kappa shape index (κ1) is 21.2. The average molecular weight is 410 g/mol. The molecule has 0 spiro atoms. The Labute approximate surface area is 180 Å². The molecule has 2 aliphatic rings. The lowest BCUT2D eigenvalue weighted by atomic mass is 10.1. The lowest BCUT2D eigenvalue weighted by Gasteiger charge is -2.36. The van der Waals surface area contributed by atoms with E-state index in [9.17, 15) is 0 Å². The average Bonchev–Trinajstić information content (AvgIpc) is 2.75. The van der Waals surface area contributed by atoms with Crippen molar-refractivity contribution in [1.29, 1.82) is 0 Å². The standard InChI is InChI=1S/C24H35N5O/c1-20-17-29(18-21(2)30-20)24-25-11-10-23(26-24)19-28-15-13-27(14-16-28)12-6-9-22-7-4-3-5-8-22/h3-5,7-8,10-11,20-21H,6,9,12-19H2,1-2H3/t20-,21-/m0/s1. The number of hydrogen-bond donors (Lipinski definition) is 0. The summed E-state index contributed by atoms with van der Waals surface area (Å²) >= 11 is 0. The van der Waals surface area contributed by atoms with E-state index < -0.39 is 0 Å². The minimum atomic E-state index is 0.218. The van der Waals surface area contributed by atoms with Gasteiger partial charge in [0.2, 0.25) is 5.95 Å². The molecule has 0 radical (unpaired) electrons. The van der Waals surface area contributed by atoms with E-state index in [4.69, 9.17) is 9.72 Å². The van der Waals surface area contributed by atoms with Gasteiger partial charge in [-0.1, -0.05) is 30.3 Å².